The van der Waals surface area contributed by atoms with Crippen molar-refractivity contribution in [3.63, 3.8) is 0 Å². The zero-order chi connectivity index (χ0) is 33.9. The first kappa shape index (κ1) is 36.0. The van der Waals surface area contributed by atoms with Crippen molar-refractivity contribution >= 4 is 66.0 Å². The van der Waals surface area contributed by atoms with E-state index in [1.54, 1.807) is 15.2 Å². The fourth-order valence-electron chi connectivity index (χ4n) is 5.15. The molecule has 0 fully saturated rings. The Morgan fingerprint density at radius 1 is 0.638 bits per heavy atom. The minimum Gasteiger partial charge on any atom is -0.492 e. The molecule has 0 radical (unpaired) electrons. The topological polar surface area (TPSA) is 88.2 Å². The van der Waals surface area contributed by atoms with Gasteiger partial charge in [-0.1, -0.05) is 71.4 Å². The Balaban J connectivity index is 0.000000202. The van der Waals surface area contributed by atoms with Crippen molar-refractivity contribution in [3.05, 3.63) is 129 Å². The predicted molar refractivity (Wildman–Crippen MR) is 202 cm³/mol. The molecule has 11 heteroatoms. The lowest BCUT2D eigenvalue weighted by atomic mass is 10.2. The molecule has 0 aliphatic rings. The number of benzene rings is 4. The third kappa shape index (κ3) is 8.02. The number of nitrogens with zero attached hydrogens (tertiary/aromatic N) is 4. The van der Waals surface area contributed by atoms with E-state index in [1.165, 1.54) is 0 Å². The standard InChI is InChI=1S/C18H17BrN2O2.C18H18N2O2.Br2/c1-3-23-16-11-7-6-10-15(16)21-17(12(2)19)20-14-9-5-4-8-13(14)18(21)22;1-3-17-19-14-10-6-5-9-13(14)18(21)20(17)15-11-7-8-12-16(15)22-4-2;1-2/h4-12H,3H2,1-2H3;5-12H,3-4H2,1-2H3;. The van der Waals surface area contributed by atoms with E-state index in [1.807, 2.05) is 119 Å². The number of halogens is 3. The summed E-state index contributed by atoms with van der Waals surface area (Å²) in [5.74, 6) is 2.75. The first-order valence-electron chi connectivity index (χ1n) is 15.1. The Morgan fingerprint density at radius 2 is 1.06 bits per heavy atom. The summed E-state index contributed by atoms with van der Waals surface area (Å²) < 4.78 is 14.7. The van der Waals surface area contributed by atoms with Gasteiger partial charge in [-0.25, -0.2) is 9.97 Å². The summed E-state index contributed by atoms with van der Waals surface area (Å²) >= 11 is 9.05. The van der Waals surface area contributed by atoms with Gasteiger partial charge in [0.05, 0.1) is 51.2 Å². The van der Waals surface area contributed by atoms with Crippen molar-refractivity contribution in [2.24, 2.45) is 0 Å². The van der Waals surface area contributed by atoms with Crippen molar-refractivity contribution < 1.29 is 9.47 Å². The van der Waals surface area contributed by atoms with Crippen LogP contribution in [0, 0.1) is 0 Å². The second kappa shape index (κ2) is 17.4. The predicted octanol–water partition coefficient (Wildman–Crippen LogP) is 9.28. The van der Waals surface area contributed by atoms with Gasteiger partial charge in [0.2, 0.25) is 0 Å². The molecule has 0 N–H and O–H groups in total. The number of ether oxygens (including phenoxy) is 2. The van der Waals surface area contributed by atoms with E-state index in [4.69, 9.17) is 9.47 Å². The van der Waals surface area contributed by atoms with E-state index in [2.05, 4.69) is 54.2 Å². The molecule has 1 unspecified atom stereocenters. The number of aromatic nitrogens is 4. The van der Waals surface area contributed by atoms with Crippen LogP contribution < -0.4 is 20.6 Å². The first-order chi connectivity index (χ1) is 22.9. The Morgan fingerprint density at radius 3 is 1.55 bits per heavy atom. The molecule has 1 atom stereocenters. The minimum atomic E-state index is -0.0935. The molecule has 4 aromatic carbocycles. The lowest BCUT2D eigenvalue weighted by molar-refractivity contribution is 0.338. The summed E-state index contributed by atoms with van der Waals surface area (Å²) in [5, 5.41) is 1.21. The van der Waals surface area contributed by atoms with Crippen LogP contribution in [0.2, 0.25) is 0 Å². The molecule has 0 amide bonds. The summed E-state index contributed by atoms with van der Waals surface area (Å²) in [4.78, 5) is 35.2. The monoisotopic (exact) mass is 824 g/mol. The van der Waals surface area contributed by atoms with E-state index in [0.717, 1.165) is 17.0 Å². The van der Waals surface area contributed by atoms with E-state index >= 15 is 0 Å². The number of hydrogen-bond acceptors (Lipinski definition) is 6. The van der Waals surface area contributed by atoms with E-state index in [0.29, 0.717) is 58.9 Å². The molecule has 2 aromatic heterocycles. The lowest BCUT2D eigenvalue weighted by Gasteiger charge is -2.17. The van der Waals surface area contributed by atoms with Gasteiger partial charge in [-0.05, 0) is 69.3 Å². The number of rotatable bonds is 8. The molecule has 0 aliphatic heterocycles. The van der Waals surface area contributed by atoms with Crippen LogP contribution in [0.1, 0.15) is 44.2 Å². The average molecular weight is 827 g/mol. The van der Waals surface area contributed by atoms with Gasteiger partial charge in [-0.3, -0.25) is 18.7 Å². The maximum atomic E-state index is 13.1. The second-order valence-corrected chi connectivity index (χ2v) is 11.5. The molecule has 47 heavy (non-hydrogen) atoms. The molecule has 0 saturated carbocycles. The smallest absolute Gasteiger partial charge is 0.266 e. The molecule has 0 aliphatic carbocycles. The molecular formula is C36H35Br3N4O4. The Hall–Kier alpha value is -3.80. The van der Waals surface area contributed by atoms with Crippen molar-refractivity contribution in [2.75, 3.05) is 13.2 Å². The van der Waals surface area contributed by atoms with Crippen LogP contribution >= 0.6 is 44.2 Å². The van der Waals surface area contributed by atoms with Crippen LogP contribution in [0.3, 0.4) is 0 Å². The molecule has 0 spiro atoms. The molecule has 6 aromatic rings. The highest BCUT2D eigenvalue weighted by atomic mass is 80.9. The van der Waals surface area contributed by atoms with Crippen LogP contribution in [-0.4, -0.2) is 32.3 Å². The molecule has 244 valence electrons. The van der Waals surface area contributed by atoms with Crippen LogP contribution in [-0.2, 0) is 6.42 Å². The first-order valence-corrected chi connectivity index (χ1v) is 19.8. The SMILES string of the molecule is BrBr.CCOc1ccccc1-n1c(C(C)Br)nc2ccccc2c1=O.CCOc1ccccc1-n1c(CC)nc2ccccc2c1=O. The van der Waals surface area contributed by atoms with Gasteiger partial charge in [0, 0.05) is 34.7 Å². The van der Waals surface area contributed by atoms with E-state index < -0.39 is 0 Å². The zero-order valence-electron chi connectivity index (χ0n) is 26.5. The maximum Gasteiger partial charge on any atom is 0.266 e. The highest BCUT2D eigenvalue weighted by molar-refractivity contribution is 9.93. The lowest BCUT2D eigenvalue weighted by Crippen LogP contribution is -2.24. The highest BCUT2D eigenvalue weighted by Crippen LogP contribution is 2.28. The summed E-state index contributed by atoms with van der Waals surface area (Å²) in [6.45, 7) is 8.89. The molecule has 2 heterocycles. The van der Waals surface area contributed by atoms with Gasteiger partial charge in [-0.2, -0.15) is 0 Å². The summed E-state index contributed by atoms with van der Waals surface area (Å²) in [6, 6.07) is 29.9. The van der Waals surface area contributed by atoms with Crippen LogP contribution in [0.4, 0.5) is 0 Å². The maximum absolute atomic E-state index is 13.1. The Bertz CT molecular complexity index is 2080. The quantitative estimate of drug-likeness (QED) is 0.142. The Labute approximate surface area is 297 Å². The van der Waals surface area contributed by atoms with Crippen LogP contribution in [0.25, 0.3) is 33.2 Å². The average Bonchev–Trinajstić information content (AvgIpc) is 3.10. The van der Waals surface area contributed by atoms with Crippen molar-refractivity contribution in [3.8, 4) is 22.9 Å². The van der Waals surface area contributed by atoms with Crippen molar-refractivity contribution in [1.82, 2.24) is 19.1 Å². The highest BCUT2D eigenvalue weighted by Gasteiger charge is 2.19. The number of alkyl halides is 1. The summed E-state index contributed by atoms with van der Waals surface area (Å²) in [6.07, 6.45) is 0.667. The third-order valence-electron chi connectivity index (χ3n) is 7.13. The Kier molecular flexibility index (Phi) is 13.3. The van der Waals surface area contributed by atoms with Gasteiger partial charge in [0.1, 0.15) is 23.1 Å². The van der Waals surface area contributed by atoms with Gasteiger partial charge in [0.25, 0.3) is 11.1 Å². The number of hydrogen-bond donors (Lipinski definition) is 0. The van der Waals surface area contributed by atoms with E-state index in [-0.39, 0.29) is 15.9 Å². The number of para-hydroxylation sites is 6. The molecule has 0 bridgehead atoms. The number of fused-ring (bicyclic) bond motifs is 2. The molecule has 8 nitrogen and oxygen atoms in total. The van der Waals surface area contributed by atoms with Gasteiger partial charge < -0.3 is 9.47 Å². The van der Waals surface area contributed by atoms with Crippen LogP contribution in [0.5, 0.6) is 11.5 Å². The largest absolute Gasteiger partial charge is 0.492 e. The van der Waals surface area contributed by atoms with Gasteiger partial charge in [0.15, 0.2) is 0 Å². The molecule has 6 rings (SSSR count). The second-order valence-electron chi connectivity index (χ2n) is 10.1. The summed E-state index contributed by atoms with van der Waals surface area (Å²) in [7, 11) is 0. The van der Waals surface area contributed by atoms with Gasteiger partial charge >= 0.3 is 0 Å². The fraction of sp³-hybridized carbons (Fsp3) is 0.222. The van der Waals surface area contributed by atoms with Crippen LogP contribution in [0.15, 0.2) is 107 Å². The van der Waals surface area contributed by atoms with Crippen molar-refractivity contribution in [2.45, 2.75) is 38.9 Å². The fourth-order valence-corrected chi connectivity index (χ4v) is 5.46. The third-order valence-corrected chi connectivity index (χ3v) is 7.54. The zero-order valence-corrected chi connectivity index (χ0v) is 31.3. The minimum absolute atomic E-state index is 0.0606. The molecule has 0 saturated heterocycles. The molecular weight excluding hydrogens is 792 g/mol. The number of aryl methyl sites for hydroxylation is 1. The van der Waals surface area contributed by atoms with Crippen molar-refractivity contribution in [1.29, 1.82) is 0 Å². The summed E-state index contributed by atoms with van der Waals surface area (Å²) in [5.41, 5.74) is 2.72. The van der Waals surface area contributed by atoms with Gasteiger partial charge in [-0.15, -0.1) is 0 Å². The normalized spacial score (nSPS) is 11.2. The van der Waals surface area contributed by atoms with E-state index in [9.17, 15) is 9.59 Å².